The number of hydrogen-bond donors (Lipinski definition) is 1. The fourth-order valence-electron chi connectivity index (χ4n) is 7.16. The molecule has 1 amide bonds. The first-order valence-electron chi connectivity index (χ1n) is 15.2. The van der Waals surface area contributed by atoms with Gasteiger partial charge in [0.15, 0.2) is 0 Å². The fourth-order valence-corrected chi connectivity index (χ4v) is 8.99. The molecule has 4 fully saturated rings. The van der Waals surface area contributed by atoms with E-state index in [9.17, 15) is 17.6 Å². The van der Waals surface area contributed by atoms with Crippen LogP contribution in [0.25, 0.3) is 0 Å². The van der Waals surface area contributed by atoms with E-state index < -0.39 is 27.0 Å². The Hall–Kier alpha value is -1.71. The van der Waals surface area contributed by atoms with Crippen molar-refractivity contribution in [2.24, 2.45) is 11.3 Å². The number of carbonyl (C=O) groups is 1. The molecular formula is C32H39Cl2FN2O4S. The minimum Gasteiger partial charge on any atom is -0.376 e. The number of rotatable bonds is 11. The van der Waals surface area contributed by atoms with Gasteiger partial charge in [-0.1, -0.05) is 30.1 Å². The number of ether oxygens (including phenoxy) is 1. The van der Waals surface area contributed by atoms with Crippen molar-refractivity contribution in [2.75, 3.05) is 19.7 Å². The van der Waals surface area contributed by atoms with Gasteiger partial charge in [-0.2, -0.15) is 0 Å². The summed E-state index contributed by atoms with van der Waals surface area (Å²) in [4.78, 5) is 15.2. The number of likely N-dealkylation sites (tertiary alicyclic amines) is 1. The van der Waals surface area contributed by atoms with Crippen LogP contribution in [0.5, 0.6) is 0 Å². The molecule has 2 aromatic rings. The number of halogens is 3. The lowest BCUT2D eigenvalue weighted by atomic mass is 9.57. The number of hydrogen-bond acceptors (Lipinski definition) is 5. The van der Waals surface area contributed by atoms with Gasteiger partial charge in [0.2, 0.25) is 10.0 Å². The molecule has 6 nitrogen and oxygen atoms in total. The molecule has 0 radical (unpaired) electrons. The van der Waals surface area contributed by atoms with Crippen molar-refractivity contribution >= 4 is 39.1 Å². The summed E-state index contributed by atoms with van der Waals surface area (Å²) < 4.78 is 47.5. The Balaban J connectivity index is 1.00. The third kappa shape index (κ3) is 6.68. The molecule has 1 saturated heterocycles. The molecule has 1 N–H and O–H groups in total. The summed E-state index contributed by atoms with van der Waals surface area (Å²) in [5, 5.41) is 0.818. The fraction of sp³-hybridized carbons (Fsp3) is 0.594. The standard InChI is InChI=1S/C32H39Cl2FN2O4S/c1-2-30(22-11-24(33)14-25(34)12-22)37-9-7-32(8-10-37)16-20(17-32)18-41-19-23-13-29(35)28(15-27(23)21-3-4-21)31(38)36-42(39,40)26-5-6-26/h11-15,20-21,26,30H,2-10,16-19H2,1H3,(H,36,38). The molecule has 228 valence electrons. The van der Waals surface area contributed by atoms with E-state index in [4.69, 9.17) is 27.9 Å². The molecular weight excluding hydrogens is 598 g/mol. The van der Waals surface area contributed by atoms with Crippen molar-refractivity contribution in [3.63, 3.8) is 0 Å². The first-order valence-corrected chi connectivity index (χ1v) is 17.5. The molecule has 1 unspecified atom stereocenters. The number of benzene rings is 2. The van der Waals surface area contributed by atoms with Gasteiger partial charge in [-0.15, -0.1) is 0 Å². The quantitative estimate of drug-likeness (QED) is 0.278. The molecule has 0 aromatic heterocycles. The second-order valence-electron chi connectivity index (χ2n) is 12.9. The number of sulfonamides is 1. The third-order valence-corrected chi connectivity index (χ3v) is 12.0. The zero-order chi connectivity index (χ0) is 29.6. The van der Waals surface area contributed by atoms with E-state index in [1.807, 2.05) is 12.1 Å². The highest BCUT2D eigenvalue weighted by molar-refractivity contribution is 7.91. The second-order valence-corrected chi connectivity index (χ2v) is 15.8. The van der Waals surface area contributed by atoms with Gasteiger partial charge in [-0.05, 0) is 135 Å². The van der Waals surface area contributed by atoms with Gasteiger partial charge in [0.05, 0.1) is 17.4 Å². The second kappa shape index (κ2) is 12.0. The van der Waals surface area contributed by atoms with Crippen molar-refractivity contribution in [3.05, 3.63) is 68.4 Å². The summed E-state index contributed by atoms with van der Waals surface area (Å²) in [7, 11) is -3.74. The Morgan fingerprint density at radius 1 is 1.07 bits per heavy atom. The molecule has 1 aliphatic heterocycles. The highest BCUT2D eigenvalue weighted by Crippen LogP contribution is 2.53. The van der Waals surface area contributed by atoms with Crippen LogP contribution in [0, 0.1) is 17.2 Å². The highest BCUT2D eigenvalue weighted by atomic mass is 35.5. The largest absolute Gasteiger partial charge is 0.376 e. The van der Waals surface area contributed by atoms with Gasteiger partial charge in [0.1, 0.15) is 5.82 Å². The number of amides is 1. The van der Waals surface area contributed by atoms with Crippen LogP contribution >= 0.6 is 23.2 Å². The van der Waals surface area contributed by atoms with Crippen LogP contribution in [-0.4, -0.2) is 44.2 Å². The number of piperidine rings is 1. The van der Waals surface area contributed by atoms with E-state index in [1.54, 1.807) is 6.07 Å². The molecule has 42 heavy (non-hydrogen) atoms. The van der Waals surface area contributed by atoms with Crippen molar-refractivity contribution in [1.82, 2.24) is 9.62 Å². The van der Waals surface area contributed by atoms with Crippen molar-refractivity contribution in [1.29, 1.82) is 0 Å². The molecule has 1 spiro atoms. The summed E-state index contributed by atoms with van der Waals surface area (Å²) in [6.45, 7) is 5.26. The minimum absolute atomic E-state index is 0.207. The van der Waals surface area contributed by atoms with Crippen molar-refractivity contribution in [3.8, 4) is 0 Å². The molecule has 3 saturated carbocycles. The van der Waals surface area contributed by atoms with Crippen LogP contribution < -0.4 is 4.72 Å². The van der Waals surface area contributed by atoms with Crippen LogP contribution in [0.4, 0.5) is 4.39 Å². The molecule has 2 aromatic carbocycles. The molecule has 4 aliphatic rings. The molecule has 0 bridgehead atoms. The predicted molar refractivity (Wildman–Crippen MR) is 163 cm³/mol. The Morgan fingerprint density at radius 3 is 2.33 bits per heavy atom. The minimum atomic E-state index is -3.74. The first kappa shape index (κ1) is 30.3. The average molecular weight is 638 g/mol. The third-order valence-electron chi connectivity index (χ3n) is 9.70. The van der Waals surface area contributed by atoms with Crippen molar-refractivity contribution in [2.45, 2.75) is 88.5 Å². The predicted octanol–water partition coefficient (Wildman–Crippen LogP) is 7.39. The van der Waals surface area contributed by atoms with Crippen LogP contribution in [-0.2, 0) is 21.4 Å². The Kier molecular flexibility index (Phi) is 8.66. The zero-order valence-corrected chi connectivity index (χ0v) is 26.3. The van der Waals surface area contributed by atoms with E-state index in [1.165, 1.54) is 30.5 Å². The summed E-state index contributed by atoms with van der Waals surface area (Å²) in [5.41, 5.74) is 3.02. The van der Waals surface area contributed by atoms with Crippen LogP contribution in [0.15, 0.2) is 30.3 Å². The lowest BCUT2D eigenvalue weighted by Gasteiger charge is -2.53. The van der Waals surface area contributed by atoms with E-state index in [0.717, 1.165) is 56.3 Å². The van der Waals surface area contributed by atoms with E-state index >= 15 is 0 Å². The summed E-state index contributed by atoms with van der Waals surface area (Å²) in [6.07, 6.45) is 8.68. The highest BCUT2D eigenvalue weighted by Gasteiger charge is 2.46. The van der Waals surface area contributed by atoms with Gasteiger partial charge >= 0.3 is 0 Å². The molecule has 3 aliphatic carbocycles. The lowest BCUT2D eigenvalue weighted by Crippen LogP contribution is -2.48. The van der Waals surface area contributed by atoms with Gasteiger partial charge < -0.3 is 4.74 Å². The van der Waals surface area contributed by atoms with E-state index in [0.29, 0.717) is 53.5 Å². The summed E-state index contributed by atoms with van der Waals surface area (Å²) in [6, 6.07) is 9.07. The number of nitrogens with zero attached hydrogens (tertiary/aromatic N) is 1. The normalized spacial score (nSPS) is 21.7. The lowest BCUT2D eigenvalue weighted by molar-refractivity contribution is -0.0594. The topological polar surface area (TPSA) is 75.7 Å². The molecule has 6 rings (SSSR count). The van der Waals surface area contributed by atoms with Crippen molar-refractivity contribution < 1.29 is 22.3 Å². The van der Waals surface area contributed by atoms with Gasteiger partial charge in [0.25, 0.3) is 5.91 Å². The Morgan fingerprint density at radius 2 is 1.74 bits per heavy atom. The van der Waals surface area contributed by atoms with Crippen LogP contribution in [0.2, 0.25) is 10.0 Å². The maximum atomic E-state index is 15.0. The number of nitrogens with one attached hydrogen (secondary N) is 1. The average Bonchev–Trinajstić information content (AvgIpc) is 3.81. The first-order chi connectivity index (χ1) is 20.1. The zero-order valence-electron chi connectivity index (χ0n) is 24.0. The Bertz CT molecular complexity index is 1420. The maximum Gasteiger partial charge on any atom is 0.267 e. The van der Waals surface area contributed by atoms with Gasteiger partial charge in [-0.25, -0.2) is 17.5 Å². The monoisotopic (exact) mass is 636 g/mol. The molecule has 1 atom stereocenters. The smallest absolute Gasteiger partial charge is 0.267 e. The van der Waals surface area contributed by atoms with E-state index in [2.05, 4.69) is 16.5 Å². The van der Waals surface area contributed by atoms with Crippen LogP contribution in [0.3, 0.4) is 0 Å². The van der Waals surface area contributed by atoms with E-state index in [-0.39, 0.29) is 11.5 Å². The number of carbonyl (C=O) groups excluding carboxylic acids is 1. The SMILES string of the molecule is CCC(c1cc(Cl)cc(Cl)c1)N1CCC2(CC1)CC(COCc1cc(F)c(C(=O)NS(=O)(=O)C3CC3)cc1C1CC1)C2. The van der Waals surface area contributed by atoms with Gasteiger partial charge in [-0.3, -0.25) is 9.69 Å². The molecule has 10 heteroatoms. The summed E-state index contributed by atoms with van der Waals surface area (Å²) >= 11 is 12.6. The van der Waals surface area contributed by atoms with Crippen LogP contribution in [0.1, 0.15) is 104 Å². The Labute approximate surface area is 258 Å². The van der Waals surface area contributed by atoms with Gasteiger partial charge in [0, 0.05) is 22.7 Å². The molecule has 1 heterocycles. The summed E-state index contributed by atoms with van der Waals surface area (Å²) in [5.74, 6) is -0.831. The maximum absolute atomic E-state index is 15.0.